The van der Waals surface area contributed by atoms with Gasteiger partial charge < -0.3 is 9.84 Å². The Hall–Kier alpha value is -1.63. The number of sulfone groups is 1. The van der Waals surface area contributed by atoms with E-state index in [0.717, 1.165) is 6.07 Å². The topological polar surface area (TPSA) is 80.7 Å². The Labute approximate surface area is 97.8 Å². The number of carboxylic acids is 1. The molecule has 0 aliphatic heterocycles. The Morgan fingerprint density at radius 3 is 2.59 bits per heavy atom. The molecule has 0 amide bonds. The molecular formula is C10H11FO5S. The van der Waals surface area contributed by atoms with E-state index in [1.54, 1.807) is 0 Å². The first kappa shape index (κ1) is 13.4. The molecule has 0 spiro atoms. The summed E-state index contributed by atoms with van der Waals surface area (Å²) in [6.07, 6.45) is 0. The summed E-state index contributed by atoms with van der Waals surface area (Å²) in [7, 11) is -2.50. The number of hydrogen-bond donors (Lipinski definition) is 1. The maximum absolute atomic E-state index is 13.4. The molecule has 0 unspecified atom stereocenters. The zero-order chi connectivity index (χ0) is 13.1. The monoisotopic (exact) mass is 262 g/mol. The summed E-state index contributed by atoms with van der Waals surface area (Å²) in [6.45, 7) is 0. The molecule has 0 fully saturated rings. The molecule has 0 bridgehead atoms. The highest BCUT2D eigenvalue weighted by Gasteiger charge is 2.18. The second-order valence-electron chi connectivity index (χ2n) is 3.38. The zero-order valence-corrected chi connectivity index (χ0v) is 9.83. The van der Waals surface area contributed by atoms with Crippen molar-refractivity contribution in [3.05, 3.63) is 29.6 Å². The van der Waals surface area contributed by atoms with Crippen LogP contribution < -0.4 is 4.74 Å². The quantitative estimate of drug-likeness (QED) is 0.850. The van der Waals surface area contributed by atoms with E-state index in [2.05, 4.69) is 0 Å². The normalized spacial score (nSPS) is 11.2. The van der Waals surface area contributed by atoms with Crippen molar-refractivity contribution in [2.24, 2.45) is 0 Å². The van der Waals surface area contributed by atoms with Crippen molar-refractivity contribution in [1.82, 2.24) is 0 Å². The molecule has 0 aliphatic rings. The minimum absolute atomic E-state index is 0.0768. The van der Waals surface area contributed by atoms with Gasteiger partial charge >= 0.3 is 5.97 Å². The summed E-state index contributed by atoms with van der Waals surface area (Å²) in [4.78, 5) is 10.3. The van der Waals surface area contributed by atoms with Crippen LogP contribution in [0.25, 0.3) is 0 Å². The van der Waals surface area contributed by atoms with Crippen molar-refractivity contribution in [1.29, 1.82) is 0 Å². The van der Waals surface area contributed by atoms with Crippen molar-refractivity contribution < 1.29 is 27.4 Å². The SMILES string of the molecule is COc1ccc(CS(=O)(=O)CC(=O)O)c(F)c1. The van der Waals surface area contributed by atoms with Gasteiger partial charge in [0.1, 0.15) is 17.3 Å². The summed E-state index contributed by atoms with van der Waals surface area (Å²) < 4.78 is 40.9. The summed E-state index contributed by atoms with van der Waals surface area (Å²) in [5.41, 5.74) is -0.0768. The van der Waals surface area contributed by atoms with Crippen LogP contribution in [0.3, 0.4) is 0 Å². The first-order chi connectivity index (χ1) is 7.84. The van der Waals surface area contributed by atoms with E-state index in [4.69, 9.17) is 9.84 Å². The number of ether oxygens (including phenoxy) is 1. The predicted octanol–water partition coefficient (Wildman–Crippen LogP) is 0.834. The Morgan fingerprint density at radius 1 is 1.47 bits per heavy atom. The number of carbonyl (C=O) groups is 1. The predicted molar refractivity (Wildman–Crippen MR) is 58.1 cm³/mol. The van der Waals surface area contributed by atoms with Gasteiger partial charge in [0, 0.05) is 11.6 Å². The maximum Gasteiger partial charge on any atom is 0.318 e. The van der Waals surface area contributed by atoms with Crippen molar-refractivity contribution in [2.75, 3.05) is 12.9 Å². The van der Waals surface area contributed by atoms with E-state index in [-0.39, 0.29) is 11.3 Å². The van der Waals surface area contributed by atoms with E-state index < -0.39 is 33.1 Å². The average molecular weight is 262 g/mol. The van der Waals surface area contributed by atoms with Crippen molar-refractivity contribution >= 4 is 15.8 Å². The van der Waals surface area contributed by atoms with Crippen LogP contribution in [0.2, 0.25) is 0 Å². The molecular weight excluding hydrogens is 251 g/mol. The number of rotatable bonds is 5. The van der Waals surface area contributed by atoms with E-state index in [9.17, 15) is 17.6 Å². The largest absolute Gasteiger partial charge is 0.497 e. The Morgan fingerprint density at radius 2 is 2.12 bits per heavy atom. The lowest BCUT2D eigenvalue weighted by atomic mass is 10.2. The van der Waals surface area contributed by atoms with Gasteiger partial charge in [-0.25, -0.2) is 12.8 Å². The second kappa shape index (κ2) is 5.13. The van der Waals surface area contributed by atoms with Gasteiger partial charge in [-0.3, -0.25) is 4.79 Å². The fraction of sp³-hybridized carbons (Fsp3) is 0.300. The van der Waals surface area contributed by atoms with Gasteiger partial charge in [-0.05, 0) is 6.07 Å². The van der Waals surface area contributed by atoms with Crippen LogP contribution in [-0.2, 0) is 20.4 Å². The van der Waals surface area contributed by atoms with Crippen LogP contribution in [0.15, 0.2) is 18.2 Å². The minimum atomic E-state index is -3.86. The van der Waals surface area contributed by atoms with Gasteiger partial charge in [-0.1, -0.05) is 6.07 Å². The van der Waals surface area contributed by atoms with Crippen LogP contribution in [0.5, 0.6) is 5.75 Å². The fourth-order valence-electron chi connectivity index (χ4n) is 1.25. The van der Waals surface area contributed by atoms with Gasteiger partial charge in [-0.15, -0.1) is 0 Å². The molecule has 0 saturated carbocycles. The lowest BCUT2D eigenvalue weighted by molar-refractivity contribution is -0.134. The fourth-order valence-corrected chi connectivity index (χ4v) is 2.43. The lowest BCUT2D eigenvalue weighted by Gasteiger charge is -2.05. The van der Waals surface area contributed by atoms with Crippen LogP contribution in [-0.4, -0.2) is 32.4 Å². The number of carboxylic acid groups (broad SMARTS) is 1. The molecule has 7 heteroatoms. The molecule has 1 aromatic carbocycles. The third-order valence-electron chi connectivity index (χ3n) is 1.98. The minimum Gasteiger partial charge on any atom is -0.497 e. The highest BCUT2D eigenvalue weighted by Crippen LogP contribution is 2.18. The van der Waals surface area contributed by atoms with Gasteiger partial charge in [-0.2, -0.15) is 0 Å². The number of aliphatic carboxylic acids is 1. The average Bonchev–Trinajstić information content (AvgIpc) is 2.18. The van der Waals surface area contributed by atoms with E-state index >= 15 is 0 Å². The Kier molecular flexibility index (Phi) is 4.06. The van der Waals surface area contributed by atoms with E-state index in [1.807, 2.05) is 0 Å². The molecule has 0 saturated heterocycles. The van der Waals surface area contributed by atoms with Gasteiger partial charge in [0.15, 0.2) is 9.84 Å². The standard InChI is InChI=1S/C10H11FO5S/c1-16-8-3-2-7(9(11)4-8)5-17(14,15)6-10(12)13/h2-4H,5-6H2,1H3,(H,12,13). The van der Waals surface area contributed by atoms with Crippen molar-refractivity contribution in [3.8, 4) is 5.75 Å². The second-order valence-corrected chi connectivity index (χ2v) is 5.45. The number of methoxy groups -OCH3 is 1. The summed E-state index contributed by atoms with van der Waals surface area (Å²) in [6, 6.07) is 3.72. The molecule has 17 heavy (non-hydrogen) atoms. The maximum atomic E-state index is 13.4. The molecule has 0 atom stereocenters. The first-order valence-corrected chi connectivity index (χ1v) is 6.41. The molecule has 0 heterocycles. The van der Waals surface area contributed by atoms with E-state index in [0.29, 0.717) is 0 Å². The van der Waals surface area contributed by atoms with Crippen LogP contribution in [0.4, 0.5) is 4.39 Å². The smallest absolute Gasteiger partial charge is 0.318 e. The summed E-state index contributed by atoms with van der Waals surface area (Å²) >= 11 is 0. The lowest BCUT2D eigenvalue weighted by Crippen LogP contribution is -2.17. The van der Waals surface area contributed by atoms with Gasteiger partial charge in [0.25, 0.3) is 0 Å². The number of hydrogen-bond acceptors (Lipinski definition) is 4. The molecule has 0 aromatic heterocycles. The van der Waals surface area contributed by atoms with Crippen LogP contribution in [0.1, 0.15) is 5.56 Å². The molecule has 0 radical (unpaired) electrons. The summed E-state index contributed by atoms with van der Waals surface area (Å²) in [5.74, 6) is -3.59. The Balaban J connectivity index is 2.92. The highest BCUT2D eigenvalue weighted by molar-refractivity contribution is 7.91. The van der Waals surface area contributed by atoms with Crippen LogP contribution >= 0.6 is 0 Å². The van der Waals surface area contributed by atoms with Gasteiger partial charge in [0.05, 0.1) is 12.9 Å². The zero-order valence-electron chi connectivity index (χ0n) is 9.01. The van der Waals surface area contributed by atoms with Gasteiger partial charge in [0.2, 0.25) is 0 Å². The van der Waals surface area contributed by atoms with Crippen molar-refractivity contribution in [2.45, 2.75) is 5.75 Å². The molecule has 0 aliphatic carbocycles. The van der Waals surface area contributed by atoms with Crippen LogP contribution in [0, 0.1) is 5.82 Å². The van der Waals surface area contributed by atoms with Crippen molar-refractivity contribution in [3.63, 3.8) is 0 Å². The Bertz CT molecular complexity index is 523. The number of halogens is 1. The molecule has 94 valence electrons. The number of benzene rings is 1. The first-order valence-electron chi connectivity index (χ1n) is 4.58. The third-order valence-corrected chi connectivity index (χ3v) is 3.42. The third kappa shape index (κ3) is 4.03. The molecule has 1 rings (SSSR count). The molecule has 1 aromatic rings. The summed E-state index contributed by atoms with van der Waals surface area (Å²) in [5, 5.41) is 8.39. The van der Waals surface area contributed by atoms with E-state index in [1.165, 1.54) is 19.2 Å². The highest BCUT2D eigenvalue weighted by atomic mass is 32.2. The molecule has 5 nitrogen and oxygen atoms in total. The molecule has 1 N–H and O–H groups in total.